The zero-order valence-electron chi connectivity index (χ0n) is 28.5. The van der Waals surface area contributed by atoms with Gasteiger partial charge in [-0.25, -0.2) is 4.79 Å². The maximum Gasteiger partial charge on any atom is 0.339 e. The van der Waals surface area contributed by atoms with Crippen molar-refractivity contribution < 1.29 is 24.2 Å². The molecule has 4 aromatic carbocycles. The molecule has 0 radical (unpaired) electrons. The van der Waals surface area contributed by atoms with Crippen LogP contribution in [0.2, 0.25) is 0 Å². The molecular formula is C42H50O5. The molecule has 0 unspecified atom stereocenters. The molecule has 10 atom stereocenters. The highest BCUT2D eigenvalue weighted by atomic mass is 16.5. The van der Waals surface area contributed by atoms with Crippen LogP contribution in [-0.4, -0.2) is 36.4 Å². The van der Waals surface area contributed by atoms with Crippen molar-refractivity contribution in [3.05, 3.63) is 60.2 Å². The molecule has 0 aromatic heterocycles. The molecule has 5 heteroatoms. The number of ether oxygens (including phenoxy) is 2. The highest BCUT2D eigenvalue weighted by Gasteiger charge is 2.63. The molecular weight excluding hydrogens is 584 g/mol. The summed E-state index contributed by atoms with van der Waals surface area (Å²) < 4.78 is 11.3. The van der Waals surface area contributed by atoms with Gasteiger partial charge in [-0.3, -0.25) is 4.79 Å². The minimum atomic E-state index is -0.317. The Morgan fingerprint density at radius 1 is 0.872 bits per heavy atom. The Hall–Kier alpha value is -3.18. The van der Waals surface area contributed by atoms with E-state index in [1.165, 1.54) is 42.5 Å². The lowest BCUT2D eigenvalue weighted by molar-refractivity contribution is -0.175. The van der Waals surface area contributed by atoms with E-state index in [0.29, 0.717) is 47.5 Å². The van der Waals surface area contributed by atoms with E-state index in [-0.39, 0.29) is 35.0 Å². The van der Waals surface area contributed by atoms with Crippen LogP contribution in [0.4, 0.5) is 0 Å². The van der Waals surface area contributed by atoms with Gasteiger partial charge in [-0.05, 0) is 143 Å². The summed E-state index contributed by atoms with van der Waals surface area (Å²) in [5, 5.41) is 18.8. The lowest BCUT2D eigenvalue weighted by atomic mass is 9.43. The smallest absolute Gasteiger partial charge is 0.339 e. The molecule has 0 amide bonds. The zero-order valence-corrected chi connectivity index (χ0v) is 28.5. The highest BCUT2D eigenvalue weighted by molar-refractivity contribution is 6.25. The Morgan fingerprint density at radius 3 is 2.36 bits per heavy atom. The molecule has 4 fully saturated rings. The summed E-state index contributed by atoms with van der Waals surface area (Å²) in [7, 11) is 1.47. The zero-order chi connectivity index (χ0) is 32.7. The number of rotatable bonds is 6. The number of carbonyl (C=O) groups excluding carboxylic acids is 2. The van der Waals surface area contributed by atoms with Gasteiger partial charge >= 0.3 is 11.9 Å². The number of hydrogen-bond acceptors (Lipinski definition) is 5. The van der Waals surface area contributed by atoms with Gasteiger partial charge in [0.2, 0.25) is 0 Å². The van der Waals surface area contributed by atoms with Crippen LogP contribution in [0.5, 0.6) is 0 Å². The van der Waals surface area contributed by atoms with E-state index in [0.717, 1.165) is 54.7 Å². The summed E-state index contributed by atoms with van der Waals surface area (Å²) in [5.74, 6) is 2.67. The second kappa shape index (κ2) is 11.5. The number of methoxy groups -OCH3 is 1. The maximum atomic E-state index is 13.8. The molecule has 1 N–H and O–H groups in total. The van der Waals surface area contributed by atoms with Crippen molar-refractivity contribution >= 4 is 44.3 Å². The number of hydrogen-bond donors (Lipinski definition) is 1. The Morgan fingerprint density at radius 2 is 1.60 bits per heavy atom. The van der Waals surface area contributed by atoms with E-state index >= 15 is 0 Å². The minimum absolute atomic E-state index is 0.0685. The average Bonchev–Trinajstić information content (AvgIpc) is 3.45. The number of esters is 2. The van der Waals surface area contributed by atoms with Gasteiger partial charge in [0, 0.05) is 6.42 Å². The number of benzene rings is 4. The first-order valence-electron chi connectivity index (χ1n) is 18.3. The van der Waals surface area contributed by atoms with Gasteiger partial charge in [0.15, 0.2) is 0 Å². The normalized spacial score (nSPS) is 35.7. The Kier molecular flexibility index (Phi) is 7.59. The molecule has 47 heavy (non-hydrogen) atoms. The lowest BCUT2D eigenvalue weighted by Gasteiger charge is -2.62. The predicted octanol–water partition coefficient (Wildman–Crippen LogP) is 9.33. The molecule has 4 aliphatic rings. The topological polar surface area (TPSA) is 72.8 Å². The molecule has 8 rings (SSSR count). The third-order valence-corrected chi connectivity index (χ3v) is 14.5. The van der Waals surface area contributed by atoms with Crippen molar-refractivity contribution in [2.75, 3.05) is 7.11 Å². The summed E-state index contributed by atoms with van der Waals surface area (Å²) >= 11 is 0. The van der Waals surface area contributed by atoms with Gasteiger partial charge in [-0.15, -0.1) is 0 Å². The van der Waals surface area contributed by atoms with Crippen LogP contribution >= 0.6 is 0 Å². The highest BCUT2D eigenvalue weighted by Crippen LogP contribution is 2.68. The predicted molar refractivity (Wildman–Crippen MR) is 186 cm³/mol. The molecule has 5 nitrogen and oxygen atoms in total. The second-order valence-corrected chi connectivity index (χ2v) is 16.3. The molecule has 4 saturated carbocycles. The number of aliphatic hydroxyl groups is 1. The fourth-order valence-corrected chi connectivity index (χ4v) is 12.0. The van der Waals surface area contributed by atoms with Crippen molar-refractivity contribution in [3.63, 3.8) is 0 Å². The van der Waals surface area contributed by atoms with E-state index in [2.05, 4.69) is 69.3 Å². The Balaban J connectivity index is 0.982. The molecule has 4 aromatic rings. The van der Waals surface area contributed by atoms with Crippen LogP contribution < -0.4 is 0 Å². The fraction of sp³-hybridized carbons (Fsp3) is 0.571. The average molecular weight is 635 g/mol. The molecule has 0 saturated heterocycles. The standard InChI is InChI=1S/C42H50O5/c1-24(8-19-37(44)46-4)33-17-18-34-32-16-13-28-22-29(20-21-41(28,2)35(32)23-36(43)42(33,34)3)47-40(45)31-15-12-27-10-9-25-6-5-7-26-11-14-30(31)39(27)38(25)26/h5-7,9-12,14-15,24,28-29,32-36,43H,8,13,16-23H2,1-4H3/t24-,28-,29-,32+,33-,34+,35+,36+,41+,42-/m1/s1. The van der Waals surface area contributed by atoms with Crippen molar-refractivity contribution in [2.45, 2.75) is 97.2 Å². The van der Waals surface area contributed by atoms with Gasteiger partial charge < -0.3 is 14.6 Å². The SMILES string of the molecule is COC(=O)CC[C@@H](C)[C@H]1CC[C@H]2[C@@H]3CC[C@@H]4C[C@H](OC(=O)c5ccc6ccc7cccc8ccc5c6c78)CC[C@]4(C)[C@H]3C[C@H](O)[C@]12C. The Labute approximate surface area is 278 Å². The summed E-state index contributed by atoms with van der Waals surface area (Å²) in [6, 6.07) is 18.9. The first-order valence-corrected chi connectivity index (χ1v) is 18.3. The van der Waals surface area contributed by atoms with Crippen LogP contribution in [0.3, 0.4) is 0 Å². The first-order chi connectivity index (χ1) is 22.6. The van der Waals surface area contributed by atoms with E-state index in [4.69, 9.17) is 9.47 Å². The first kappa shape index (κ1) is 31.1. The van der Waals surface area contributed by atoms with Crippen molar-refractivity contribution in [3.8, 4) is 0 Å². The molecule has 0 bridgehead atoms. The molecule has 0 spiro atoms. The van der Waals surface area contributed by atoms with Gasteiger partial charge in [0.05, 0.1) is 18.8 Å². The molecule has 248 valence electrons. The Bertz CT molecular complexity index is 1810. The monoisotopic (exact) mass is 634 g/mol. The van der Waals surface area contributed by atoms with Crippen LogP contribution in [-0.2, 0) is 14.3 Å². The van der Waals surface area contributed by atoms with Crippen molar-refractivity contribution in [1.82, 2.24) is 0 Å². The van der Waals surface area contributed by atoms with Gasteiger partial charge in [0.1, 0.15) is 6.10 Å². The number of aliphatic hydroxyl groups excluding tert-OH is 1. The summed E-state index contributed by atoms with van der Waals surface area (Å²) in [4.78, 5) is 25.7. The largest absolute Gasteiger partial charge is 0.469 e. The minimum Gasteiger partial charge on any atom is -0.469 e. The van der Waals surface area contributed by atoms with E-state index in [9.17, 15) is 14.7 Å². The van der Waals surface area contributed by atoms with Gasteiger partial charge in [0.25, 0.3) is 0 Å². The molecule has 0 heterocycles. The summed E-state index contributed by atoms with van der Waals surface area (Å²) in [6.45, 7) is 7.15. The van der Waals surface area contributed by atoms with Crippen LogP contribution in [0, 0.1) is 46.3 Å². The van der Waals surface area contributed by atoms with Crippen molar-refractivity contribution in [1.29, 1.82) is 0 Å². The molecule has 0 aliphatic heterocycles. The lowest BCUT2D eigenvalue weighted by Crippen LogP contribution is -2.59. The number of fused-ring (bicyclic) bond motifs is 5. The quantitative estimate of drug-likeness (QED) is 0.169. The molecule has 4 aliphatic carbocycles. The third kappa shape index (κ3) is 4.73. The van der Waals surface area contributed by atoms with Gasteiger partial charge in [-0.2, -0.15) is 0 Å². The second-order valence-electron chi connectivity index (χ2n) is 16.3. The van der Waals surface area contributed by atoms with Crippen molar-refractivity contribution in [2.24, 2.45) is 46.3 Å². The summed E-state index contributed by atoms with van der Waals surface area (Å²) in [6.07, 6.45) is 9.33. The number of carbonyl (C=O) groups is 2. The summed E-state index contributed by atoms with van der Waals surface area (Å²) in [5.41, 5.74) is 0.738. The third-order valence-electron chi connectivity index (χ3n) is 14.5. The maximum absolute atomic E-state index is 13.8. The van der Waals surface area contributed by atoms with Crippen LogP contribution in [0.1, 0.15) is 95.3 Å². The van der Waals surface area contributed by atoms with E-state index in [1.807, 2.05) is 6.07 Å². The van der Waals surface area contributed by atoms with Gasteiger partial charge in [-0.1, -0.05) is 69.3 Å². The van der Waals surface area contributed by atoms with E-state index < -0.39 is 0 Å². The van der Waals surface area contributed by atoms with E-state index in [1.54, 1.807) is 0 Å². The van der Waals surface area contributed by atoms with Crippen LogP contribution in [0.25, 0.3) is 32.3 Å². The fourth-order valence-electron chi connectivity index (χ4n) is 12.0. The van der Waals surface area contributed by atoms with Crippen LogP contribution in [0.15, 0.2) is 54.6 Å².